The molecule has 0 bridgehead atoms. The van der Waals surface area contributed by atoms with E-state index in [1.165, 1.54) is 11.2 Å². The van der Waals surface area contributed by atoms with E-state index in [2.05, 4.69) is 0 Å². The first-order chi connectivity index (χ1) is 12.1. The summed E-state index contributed by atoms with van der Waals surface area (Å²) in [6, 6.07) is 8.86. The van der Waals surface area contributed by atoms with Crippen LogP contribution < -0.4 is 4.90 Å². The average Bonchev–Trinajstić information content (AvgIpc) is 3.18. The van der Waals surface area contributed by atoms with Crippen LogP contribution in [-0.2, 0) is 9.59 Å². The third kappa shape index (κ3) is 2.82. The van der Waals surface area contributed by atoms with Crippen LogP contribution in [0.1, 0.15) is 29.8 Å². The van der Waals surface area contributed by atoms with Crippen molar-refractivity contribution in [1.29, 1.82) is 0 Å². The highest BCUT2D eigenvalue weighted by atomic mass is 35.5. The van der Waals surface area contributed by atoms with Gasteiger partial charge in [0, 0.05) is 11.1 Å². The summed E-state index contributed by atoms with van der Waals surface area (Å²) >= 11 is 5.87. The van der Waals surface area contributed by atoms with Crippen LogP contribution in [0.15, 0.2) is 47.1 Å². The van der Waals surface area contributed by atoms with Crippen molar-refractivity contribution in [2.75, 3.05) is 4.90 Å². The molecule has 2 fully saturated rings. The second-order valence-electron chi connectivity index (χ2n) is 6.18. The molecule has 128 valence electrons. The monoisotopic (exact) mass is 358 g/mol. The van der Waals surface area contributed by atoms with Gasteiger partial charge >= 0.3 is 0 Å². The lowest BCUT2D eigenvalue weighted by molar-refractivity contribution is -0.122. The zero-order chi connectivity index (χ0) is 17.6. The standard InChI is InChI=1S/C18H15ClN2O4/c19-11-3-5-13(6-4-11)21-16(22)10-14(17(21)23)20(12-7-8-12)18(24)15-2-1-9-25-15/h1-6,9,12,14H,7-8,10H2. The summed E-state index contributed by atoms with van der Waals surface area (Å²) in [6.45, 7) is 0. The maximum atomic E-state index is 12.9. The third-order valence-corrected chi connectivity index (χ3v) is 4.70. The van der Waals surface area contributed by atoms with Crippen molar-refractivity contribution in [3.8, 4) is 0 Å². The summed E-state index contributed by atoms with van der Waals surface area (Å²) < 4.78 is 5.18. The molecule has 2 aromatic rings. The lowest BCUT2D eigenvalue weighted by Gasteiger charge is -2.26. The van der Waals surface area contributed by atoms with Crippen LogP contribution in [0.3, 0.4) is 0 Å². The Labute approximate surface area is 148 Å². The molecule has 1 atom stereocenters. The molecule has 1 aromatic heterocycles. The maximum absolute atomic E-state index is 12.9. The number of nitrogens with zero attached hydrogens (tertiary/aromatic N) is 2. The minimum absolute atomic E-state index is 0.0234. The summed E-state index contributed by atoms with van der Waals surface area (Å²) in [5, 5.41) is 0.520. The fraction of sp³-hybridized carbons (Fsp3) is 0.278. The minimum Gasteiger partial charge on any atom is -0.459 e. The lowest BCUT2D eigenvalue weighted by atomic mass is 10.2. The number of hydrogen-bond acceptors (Lipinski definition) is 4. The zero-order valence-corrected chi connectivity index (χ0v) is 14.0. The number of benzene rings is 1. The van der Waals surface area contributed by atoms with Gasteiger partial charge in [-0.1, -0.05) is 11.6 Å². The van der Waals surface area contributed by atoms with Crippen LogP contribution in [-0.4, -0.2) is 34.7 Å². The highest BCUT2D eigenvalue weighted by molar-refractivity contribution is 6.31. The van der Waals surface area contributed by atoms with Gasteiger partial charge in [-0.05, 0) is 49.2 Å². The first-order valence-corrected chi connectivity index (χ1v) is 8.42. The Hall–Kier alpha value is -2.60. The van der Waals surface area contributed by atoms with E-state index in [9.17, 15) is 14.4 Å². The highest BCUT2D eigenvalue weighted by Gasteiger charge is 2.49. The topological polar surface area (TPSA) is 70.8 Å². The van der Waals surface area contributed by atoms with Crippen LogP contribution in [0.2, 0.25) is 5.02 Å². The Balaban J connectivity index is 1.63. The number of anilines is 1. The van der Waals surface area contributed by atoms with E-state index in [0.29, 0.717) is 10.7 Å². The zero-order valence-electron chi connectivity index (χ0n) is 13.2. The predicted molar refractivity (Wildman–Crippen MR) is 90.2 cm³/mol. The molecule has 3 amide bonds. The molecule has 6 nitrogen and oxygen atoms in total. The van der Waals surface area contributed by atoms with Gasteiger partial charge in [-0.2, -0.15) is 0 Å². The average molecular weight is 359 g/mol. The van der Waals surface area contributed by atoms with Gasteiger partial charge in [0.15, 0.2) is 5.76 Å². The van der Waals surface area contributed by atoms with Gasteiger partial charge in [0.25, 0.3) is 11.8 Å². The molecule has 1 aromatic carbocycles. The molecular formula is C18H15ClN2O4. The number of hydrogen-bond donors (Lipinski definition) is 0. The third-order valence-electron chi connectivity index (χ3n) is 4.45. The van der Waals surface area contributed by atoms with Gasteiger partial charge in [0.2, 0.25) is 5.91 Å². The number of carbonyl (C=O) groups is 3. The van der Waals surface area contributed by atoms with Gasteiger partial charge < -0.3 is 9.32 Å². The van der Waals surface area contributed by atoms with Crippen LogP contribution in [0.4, 0.5) is 5.69 Å². The number of amides is 3. The summed E-state index contributed by atoms with van der Waals surface area (Å²) in [6.07, 6.45) is 3.04. The molecule has 1 aliphatic carbocycles. The van der Waals surface area contributed by atoms with E-state index in [-0.39, 0.29) is 35.9 Å². The number of halogens is 1. The molecule has 1 aliphatic heterocycles. The molecule has 0 radical (unpaired) electrons. The van der Waals surface area contributed by atoms with Crippen molar-refractivity contribution in [2.45, 2.75) is 31.3 Å². The number of carbonyl (C=O) groups excluding carboxylic acids is 3. The van der Waals surface area contributed by atoms with Crippen molar-refractivity contribution >= 4 is 35.0 Å². The number of imide groups is 1. The molecule has 4 rings (SSSR count). The summed E-state index contributed by atoms with van der Waals surface area (Å²) in [7, 11) is 0. The van der Waals surface area contributed by atoms with Gasteiger partial charge in [-0.15, -0.1) is 0 Å². The van der Waals surface area contributed by atoms with Crippen molar-refractivity contribution in [3.05, 3.63) is 53.4 Å². The van der Waals surface area contributed by atoms with Gasteiger partial charge in [0.05, 0.1) is 18.4 Å². The summed E-state index contributed by atoms with van der Waals surface area (Å²) in [5.74, 6) is -0.886. The minimum atomic E-state index is -0.798. The largest absolute Gasteiger partial charge is 0.459 e. The van der Waals surface area contributed by atoms with E-state index in [4.69, 9.17) is 16.0 Å². The van der Waals surface area contributed by atoms with E-state index in [1.807, 2.05) is 0 Å². The van der Waals surface area contributed by atoms with Crippen LogP contribution >= 0.6 is 11.6 Å². The van der Waals surface area contributed by atoms with Crippen LogP contribution in [0.5, 0.6) is 0 Å². The van der Waals surface area contributed by atoms with E-state index in [0.717, 1.165) is 17.7 Å². The summed E-state index contributed by atoms with van der Waals surface area (Å²) in [5.41, 5.74) is 0.461. The Kier molecular flexibility index (Phi) is 3.84. The Morgan fingerprint density at radius 2 is 1.88 bits per heavy atom. The van der Waals surface area contributed by atoms with Crippen LogP contribution in [0, 0.1) is 0 Å². The molecule has 1 saturated heterocycles. The first kappa shape index (κ1) is 15.9. The van der Waals surface area contributed by atoms with E-state index in [1.54, 1.807) is 36.4 Å². The van der Waals surface area contributed by atoms with E-state index >= 15 is 0 Å². The quantitative estimate of drug-likeness (QED) is 0.788. The number of rotatable bonds is 4. The van der Waals surface area contributed by atoms with Gasteiger partial charge in [-0.25, -0.2) is 4.90 Å². The molecule has 1 saturated carbocycles. The van der Waals surface area contributed by atoms with Crippen molar-refractivity contribution < 1.29 is 18.8 Å². The molecule has 7 heteroatoms. The molecule has 2 heterocycles. The van der Waals surface area contributed by atoms with Crippen molar-refractivity contribution in [1.82, 2.24) is 4.90 Å². The normalized spacial score (nSPS) is 20.2. The Bertz CT molecular complexity index is 827. The highest BCUT2D eigenvalue weighted by Crippen LogP contribution is 2.35. The summed E-state index contributed by atoms with van der Waals surface area (Å²) in [4.78, 5) is 40.7. The fourth-order valence-corrected chi connectivity index (χ4v) is 3.26. The lowest BCUT2D eigenvalue weighted by Crippen LogP contribution is -2.46. The Morgan fingerprint density at radius 1 is 1.16 bits per heavy atom. The maximum Gasteiger partial charge on any atom is 0.290 e. The predicted octanol–water partition coefficient (Wildman–Crippen LogP) is 2.87. The Morgan fingerprint density at radius 3 is 2.48 bits per heavy atom. The molecule has 25 heavy (non-hydrogen) atoms. The molecule has 2 aliphatic rings. The van der Waals surface area contributed by atoms with Gasteiger partial charge in [-0.3, -0.25) is 14.4 Å². The van der Waals surface area contributed by atoms with Crippen molar-refractivity contribution in [3.63, 3.8) is 0 Å². The van der Waals surface area contributed by atoms with Gasteiger partial charge in [0.1, 0.15) is 6.04 Å². The molecule has 0 spiro atoms. The van der Waals surface area contributed by atoms with Crippen molar-refractivity contribution in [2.24, 2.45) is 0 Å². The second kappa shape index (κ2) is 6.04. The van der Waals surface area contributed by atoms with E-state index < -0.39 is 6.04 Å². The fourth-order valence-electron chi connectivity index (χ4n) is 3.14. The molecule has 0 N–H and O–H groups in total. The SMILES string of the molecule is O=C1CC(N(C(=O)c2ccco2)C2CC2)C(=O)N1c1ccc(Cl)cc1. The second-order valence-corrected chi connectivity index (χ2v) is 6.62. The molecule has 1 unspecified atom stereocenters. The van der Waals surface area contributed by atoms with Crippen LogP contribution in [0.25, 0.3) is 0 Å². The first-order valence-electron chi connectivity index (χ1n) is 8.05. The molecular weight excluding hydrogens is 344 g/mol. The smallest absolute Gasteiger partial charge is 0.290 e. The number of furan rings is 1.